The highest BCUT2D eigenvalue weighted by Crippen LogP contribution is 2.19. The highest BCUT2D eigenvalue weighted by molar-refractivity contribution is 5.47. The number of aromatic nitrogens is 6. The molecule has 6 heteroatoms. The van der Waals surface area contributed by atoms with Crippen molar-refractivity contribution in [2.75, 3.05) is 0 Å². The van der Waals surface area contributed by atoms with Crippen molar-refractivity contribution in [1.82, 2.24) is 28.9 Å². The van der Waals surface area contributed by atoms with Gasteiger partial charge in [0.1, 0.15) is 0 Å². The number of hydrogen-bond acceptors (Lipinski definition) is 3. The number of imidazole rings is 2. The van der Waals surface area contributed by atoms with E-state index in [0.29, 0.717) is 0 Å². The molecule has 3 rings (SSSR count). The van der Waals surface area contributed by atoms with Gasteiger partial charge < -0.3 is 9.13 Å². The minimum absolute atomic E-state index is 0.867. The first-order valence-corrected chi connectivity index (χ1v) is 7.05. The van der Waals surface area contributed by atoms with Gasteiger partial charge >= 0.3 is 0 Å². The summed E-state index contributed by atoms with van der Waals surface area (Å²) in [5, 5.41) is 4.20. The summed E-state index contributed by atoms with van der Waals surface area (Å²) in [5.41, 5.74) is 3.45. The fourth-order valence-corrected chi connectivity index (χ4v) is 2.46. The molecular weight excluding hydrogens is 264 g/mol. The molecule has 110 valence electrons. The van der Waals surface area contributed by atoms with Crippen molar-refractivity contribution in [1.29, 1.82) is 0 Å². The first-order valence-electron chi connectivity index (χ1n) is 7.05. The highest BCUT2D eigenvalue weighted by Gasteiger charge is 2.14. The van der Waals surface area contributed by atoms with E-state index in [0.717, 1.165) is 30.3 Å². The van der Waals surface area contributed by atoms with Crippen LogP contribution in [0.3, 0.4) is 0 Å². The molecule has 3 aromatic heterocycles. The molecule has 0 unspecified atom stereocenters. The Balaban J connectivity index is 1.85. The lowest BCUT2D eigenvalue weighted by Crippen LogP contribution is -2.05. The molecule has 0 aliphatic rings. The van der Waals surface area contributed by atoms with E-state index in [1.165, 1.54) is 11.3 Å². The third-order valence-corrected chi connectivity index (χ3v) is 3.93. The Hall–Kier alpha value is -2.37. The van der Waals surface area contributed by atoms with Crippen LogP contribution < -0.4 is 0 Å². The van der Waals surface area contributed by atoms with Gasteiger partial charge in [0.05, 0.1) is 11.9 Å². The van der Waals surface area contributed by atoms with Crippen molar-refractivity contribution in [3.8, 4) is 11.6 Å². The predicted molar refractivity (Wildman–Crippen MR) is 80.8 cm³/mol. The standard InChI is InChI=1S/C15H20N6/c1-11-12(2)20(4)15(18-11)14-16-6-8-21(14)7-5-13-9-17-19(3)10-13/h6,8-10H,5,7H2,1-4H3. The van der Waals surface area contributed by atoms with Crippen LogP contribution in [-0.4, -0.2) is 28.9 Å². The van der Waals surface area contributed by atoms with Crippen LogP contribution in [0.2, 0.25) is 0 Å². The average molecular weight is 284 g/mol. The number of hydrogen-bond donors (Lipinski definition) is 0. The fraction of sp³-hybridized carbons (Fsp3) is 0.400. The molecule has 0 N–H and O–H groups in total. The molecule has 0 radical (unpaired) electrons. The van der Waals surface area contributed by atoms with Crippen LogP contribution >= 0.6 is 0 Å². The molecule has 3 aromatic rings. The lowest BCUT2D eigenvalue weighted by Gasteiger charge is -2.07. The zero-order valence-corrected chi connectivity index (χ0v) is 12.9. The lowest BCUT2D eigenvalue weighted by molar-refractivity contribution is 0.693. The Morgan fingerprint density at radius 2 is 1.95 bits per heavy atom. The van der Waals surface area contributed by atoms with Gasteiger partial charge in [-0.25, -0.2) is 9.97 Å². The zero-order valence-electron chi connectivity index (χ0n) is 12.9. The van der Waals surface area contributed by atoms with Gasteiger partial charge in [-0.2, -0.15) is 5.10 Å². The van der Waals surface area contributed by atoms with Crippen LogP contribution in [0.4, 0.5) is 0 Å². The van der Waals surface area contributed by atoms with Crippen LogP contribution in [0.5, 0.6) is 0 Å². The van der Waals surface area contributed by atoms with Crippen LogP contribution in [0, 0.1) is 13.8 Å². The molecule has 0 saturated heterocycles. The average Bonchev–Trinajstić information content (AvgIpc) is 3.14. The highest BCUT2D eigenvalue weighted by atomic mass is 15.2. The number of aryl methyl sites for hydroxylation is 4. The Morgan fingerprint density at radius 1 is 1.14 bits per heavy atom. The van der Waals surface area contributed by atoms with E-state index in [9.17, 15) is 0 Å². The molecule has 21 heavy (non-hydrogen) atoms. The molecule has 0 aliphatic carbocycles. The summed E-state index contributed by atoms with van der Waals surface area (Å²) in [6.07, 6.45) is 8.72. The summed E-state index contributed by atoms with van der Waals surface area (Å²) in [6, 6.07) is 0. The minimum Gasteiger partial charge on any atom is -0.329 e. The molecule has 0 spiro atoms. The smallest absolute Gasteiger partial charge is 0.176 e. The molecule has 0 amide bonds. The van der Waals surface area contributed by atoms with Gasteiger partial charge in [0, 0.05) is 44.9 Å². The van der Waals surface area contributed by atoms with Crippen molar-refractivity contribution < 1.29 is 0 Å². The first-order chi connectivity index (χ1) is 10.1. The van der Waals surface area contributed by atoms with E-state index < -0.39 is 0 Å². The normalized spacial score (nSPS) is 11.2. The van der Waals surface area contributed by atoms with Gasteiger partial charge in [-0.15, -0.1) is 0 Å². The van der Waals surface area contributed by atoms with Crippen LogP contribution in [0.25, 0.3) is 11.6 Å². The van der Waals surface area contributed by atoms with Crippen LogP contribution in [-0.2, 0) is 27.1 Å². The molecule has 0 atom stereocenters. The molecular formula is C15H20N6. The van der Waals surface area contributed by atoms with E-state index >= 15 is 0 Å². The van der Waals surface area contributed by atoms with Crippen LogP contribution in [0.15, 0.2) is 24.8 Å². The van der Waals surface area contributed by atoms with Gasteiger partial charge in [-0.1, -0.05) is 0 Å². The van der Waals surface area contributed by atoms with E-state index in [4.69, 9.17) is 0 Å². The fourth-order valence-electron chi connectivity index (χ4n) is 2.46. The molecule has 0 saturated carbocycles. The van der Waals surface area contributed by atoms with E-state index in [1.54, 1.807) is 0 Å². The first kappa shape index (κ1) is 13.6. The number of rotatable bonds is 4. The second-order valence-corrected chi connectivity index (χ2v) is 5.38. The second-order valence-electron chi connectivity index (χ2n) is 5.38. The summed E-state index contributed by atoms with van der Waals surface area (Å²) in [5.74, 6) is 1.83. The van der Waals surface area contributed by atoms with Crippen molar-refractivity contribution in [3.63, 3.8) is 0 Å². The molecule has 6 nitrogen and oxygen atoms in total. The van der Waals surface area contributed by atoms with Gasteiger partial charge in [0.25, 0.3) is 0 Å². The minimum atomic E-state index is 0.867. The van der Waals surface area contributed by atoms with Crippen molar-refractivity contribution in [3.05, 3.63) is 41.7 Å². The molecule has 0 fully saturated rings. The van der Waals surface area contributed by atoms with Gasteiger partial charge in [0.15, 0.2) is 11.6 Å². The topological polar surface area (TPSA) is 53.5 Å². The largest absolute Gasteiger partial charge is 0.329 e. The van der Waals surface area contributed by atoms with Crippen molar-refractivity contribution >= 4 is 0 Å². The third-order valence-electron chi connectivity index (χ3n) is 3.93. The number of nitrogens with zero attached hydrogens (tertiary/aromatic N) is 6. The second kappa shape index (κ2) is 5.20. The van der Waals surface area contributed by atoms with Crippen LogP contribution in [0.1, 0.15) is 17.0 Å². The van der Waals surface area contributed by atoms with Gasteiger partial charge in [-0.05, 0) is 25.8 Å². The summed E-state index contributed by atoms with van der Waals surface area (Å²) < 4.78 is 6.07. The maximum absolute atomic E-state index is 4.64. The maximum atomic E-state index is 4.64. The Morgan fingerprint density at radius 3 is 2.57 bits per heavy atom. The Bertz CT molecular complexity index is 761. The van der Waals surface area contributed by atoms with Crippen molar-refractivity contribution in [2.24, 2.45) is 14.1 Å². The Labute approximate surface area is 124 Å². The molecule has 0 aromatic carbocycles. The quantitative estimate of drug-likeness (QED) is 0.735. The summed E-state index contributed by atoms with van der Waals surface area (Å²) in [4.78, 5) is 9.11. The monoisotopic (exact) mass is 284 g/mol. The summed E-state index contributed by atoms with van der Waals surface area (Å²) in [6.45, 7) is 4.97. The lowest BCUT2D eigenvalue weighted by atomic mass is 10.2. The summed E-state index contributed by atoms with van der Waals surface area (Å²) >= 11 is 0. The molecule has 3 heterocycles. The SMILES string of the molecule is Cc1nc(-c2nccn2CCc2cnn(C)c2)n(C)c1C. The predicted octanol–water partition coefficient (Wildman–Crippen LogP) is 1.88. The van der Waals surface area contributed by atoms with Gasteiger partial charge in [0.2, 0.25) is 0 Å². The summed E-state index contributed by atoms with van der Waals surface area (Å²) in [7, 11) is 3.97. The molecule has 0 bridgehead atoms. The third kappa shape index (κ3) is 2.49. The van der Waals surface area contributed by atoms with Crippen molar-refractivity contribution in [2.45, 2.75) is 26.8 Å². The van der Waals surface area contributed by atoms with E-state index in [1.807, 2.05) is 50.5 Å². The van der Waals surface area contributed by atoms with E-state index in [-0.39, 0.29) is 0 Å². The zero-order chi connectivity index (χ0) is 15.0. The van der Waals surface area contributed by atoms with E-state index in [2.05, 4.69) is 31.1 Å². The Kier molecular flexibility index (Phi) is 3.37. The molecule has 0 aliphatic heterocycles. The maximum Gasteiger partial charge on any atom is 0.176 e. The van der Waals surface area contributed by atoms with Gasteiger partial charge in [-0.3, -0.25) is 4.68 Å².